The quantitative estimate of drug-likeness (QED) is 0.771. The van der Waals surface area contributed by atoms with E-state index >= 15 is 0 Å². The minimum atomic E-state index is -0.357. The second-order valence-corrected chi connectivity index (χ2v) is 6.19. The largest absolute Gasteiger partial charge is 0.390 e. The van der Waals surface area contributed by atoms with E-state index in [2.05, 4.69) is 39.8 Å². The fraction of sp³-hybridized carbons (Fsp3) is 0.647. The Morgan fingerprint density at radius 3 is 2.05 bits per heavy atom. The summed E-state index contributed by atoms with van der Waals surface area (Å²) in [7, 11) is 0. The monoisotopic (exact) mass is 446 g/mol. The maximum Gasteiger partial charge on any atom is 0.0869 e. The predicted octanol–water partition coefficient (Wildman–Crippen LogP) is 3.49. The van der Waals surface area contributed by atoms with Crippen molar-refractivity contribution in [2.75, 3.05) is 0 Å². The molecular formula is C17H26O2W. The molecule has 1 fully saturated rings. The molecule has 0 bridgehead atoms. The third-order valence-corrected chi connectivity index (χ3v) is 5.17. The smallest absolute Gasteiger partial charge is 0.0869 e. The van der Waals surface area contributed by atoms with Gasteiger partial charge in [0.05, 0.1) is 18.8 Å². The number of rotatable bonds is 3. The summed E-state index contributed by atoms with van der Waals surface area (Å²) in [6, 6.07) is 10.2. The van der Waals surface area contributed by atoms with Crippen molar-refractivity contribution in [2.24, 2.45) is 23.7 Å². The van der Waals surface area contributed by atoms with Crippen LogP contribution in [0.4, 0.5) is 0 Å². The van der Waals surface area contributed by atoms with Gasteiger partial charge in [0.25, 0.3) is 0 Å². The van der Waals surface area contributed by atoms with E-state index in [0.717, 1.165) is 0 Å². The number of hydrogen-bond acceptors (Lipinski definition) is 2. The van der Waals surface area contributed by atoms with Crippen LogP contribution in [0.1, 0.15) is 33.3 Å². The van der Waals surface area contributed by atoms with Crippen LogP contribution >= 0.6 is 0 Å². The standard InChI is InChI=1S/C17H26O2.W/c1-11-12(2)14(4)17(16(18)13(11)3)19-10-15-8-6-5-7-9-15;/h5-9,11-14,16-18H,10H2,1-4H3;/t11?,12-,13-,14-,16?,17?;/m1./s1. The fourth-order valence-electron chi connectivity index (χ4n) is 3.20. The summed E-state index contributed by atoms with van der Waals surface area (Å²) in [5.74, 6) is 1.82. The topological polar surface area (TPSA) is 29.5 Å². The van der Waals surface area contributed by atoms with Gasteiger partial charge < -0.3 is 9.84 Å². The average molecular weight is 446 g/mol. The van der Waals surface area contributed by atoms with Crippen LogP contribution < -0.4 is 0 Å². The van der Waals surface area contributed by atoms with Crippen LogP contribution in [0.5, 0.6) is 0 Å². The van der Waals surface area contributed by atoms with Crippen molar-refractivity contribution in [2.45, 2.75) is 46.5 Å². The van der Waals surface area contributed by atoms with E-state index in [1.165, 1.54) is 5.56 Å². The first-order valence-corrected chi connectivity index (χ1v) is 7.36. The van der Waals surface area contributed by atoms with Gasteiger partial charge in [0.1, 0.15) is 0 Å². The van der Waals surface area contributed by atoms with Crippen LogP contribution in [0.2, 0.25) is 0 Å². The van der Waals surface area contributed by atoms with Gasteiger partial charge in [0, 0.05) is 21.1 Å². The minimum Gasteiger partial charge on any atom is -0.390 e. The Bertz CT molecular complexity index is 379. The molecule has 1 aromatic carbocycles. The molecule has 112 valence electrons. The Morgan fingerprint density at radius 2 is 1.45 bits per heavy atom. The Labute approximate surface area is 137 Å². The summed E-state index contributed by atoms with van der Waals surface area (Å²) in [4.78, 5) is 0. The van der Waals surface area contributed by atoms with E-state index < -0.39 is 0 Å². The third-order valence-electron chi connectivity index (χ3n) is 5.17. The van der Waals surface area contributed by atoms with E-state index in [0.29, 0.717) is 30.3 Å². The van der Waals surface area contributed by atoms with Crippen molar-refractivity contribution in [3.05, 3.63) is 35.9 Å². The van der Waals surface area contributed by atoms with Crippen molar-refractivity contribution >= 4 is 0 Å². The van der Waals surface area contributed by atoms with Crippen molar-refractivity contribution in [3.8, 4) is 0 Å². The first kappa shape index (κ1) is 17.9. The molecule has 0 spiro atoms. The molecule has 3 unspecified atom stereocenters. The Kier molecular flexibility index (Phi) is 6.91. The van der Waals surface area contributed by atoms with Gasteiger partial charge in [0.15, 0.2) is 0 Å². The second-order valence-electron chi connectivity index (χ2n) is 6.19. The SMILES string of the molecule is CC1[C@@H](C)C(O)C(OCc2ccccc2)[C@H](C)[C@@H]1C.[W]. The van der Waals surface area contributed by atoms with Gasteiger partial charge in [-0.25, -0.2) is 0 Å². The van der Waals surface area contributed by atoms with E-state index in [1.807, 2.05) is 18.2 Å². The number of benzene rings is 1. The van der Waals surface area contributed by atoms with Crippen LogP contribution in [0.15, 0.2) is 30.3 Å². The molecule has 0 saturated heterocycles. The van der Waals surface area contributed by atoms with Gasteiger partial charge in [-0.15, -0.1) is 0 Å². The van der Waals surface area contributed by atoms with Crippen molar-refractivity contribution in [1.29, 1.82) is 0 Å². The molecule has 20 heavy (non-hydrogen) atoms. The summed E-state index contributed by atoms with van der Waals surface area (Å²) in [6.07, 6.45) is -0.411. The van der Waals surface area contributed by atoms with E-state index in [4.69, 9.17) is 4.74 Å². The second kappa shape index (κ2) is 7.73. The molecule has 2 nitrogen and oxygen atoms in total. The van der Waals surface area contributed by atoms with E-state index in [9.17, 15) is 5.11 Å². The molecule has 3 heteroatoms. The first-order valence-electron chi connectivity index (χ1n) is 7.36. The maximum absolute atomic E-state index is 10.4. The molecule has 6 atom stereocenters. The number of hydrogen-bond donors (Lipinski definition) is 1. The Hall–Kier alpha value is -0.172. The molecule has 1 aromatic rings. The number of ether oxygens (including phenoxy) is 1. The van der Waals surface area contributed by atoms with Crippen molar-refractivity contribution in [3.63, 3.8) is 0 Å². The molecule has 0 amide bonds. The molecule has 0 radical (unpaired) electrons. The summed E-state index contributed by atoms with van der Waals surface area (Å²) in [5, 5.41) is 10.4. The Balaban J connectivity index is 0.00000200. The van der Waals surface area contributed by atoms with Crippen molar-refractivity contribution in [1.82, 2.24) is 0 Å². The van der Waals surface area contributed by atoms with Crippen LogP contribution in [-0.4, -0.2) is 17.3 Å². The molecular weight excluding hydrogens is 420 g/mol. The molecule has 1 aliphatic carbocycles. The van der Waals surface area contributed by atoms with Crippen LogP contribution in [0, 0.1) is 23.7 Å². The van der Waals surface area contributed by atoms with Gasteiger partial charge >= 0.3 is 0 Å². The fourth-order valence-corrected chi connectivity index (χ4v) is 3.20. The van der Waals surface area contributed by atoms with Crippen LogP contribution in [0.25, 0.3) is 0 Å². The number of aliphatic hydroxyl groups excluding tert-OH is 1. The predicted molar refractivity (Wildman–Crippen MR) is 77.7 cm³/mol. The molecule has 1 N–H and O–H groups in total. The average Bonchev–Trinajstić information content (AvgIpc) is 2.44. The first-order chi connectivity index (χ1) is 9.02. The molecule has 0 aliphatic heterocycles. The zero-order valence-electron chi connectivity index (χ0n) is 12.8. The third kappa shape index (κ3) is 3.72. The van der Waals surface area contributed by atoms with E-state index in [1.54, 1.807) is 0 Å². The normalized spacial score (nSPS) is 37.2. The summed E-state index contributed by atoms with van der Waals surface area (Å²) in [5.41, 5.74) is 1.17. The van der Waals surface area contributed by atoms with Gasteiger partial charge in [-0.2, -0.15) is 0 Å². The summed E-state index contributed by atoms with van der Waals surface area (Å²) in [6.45, 7) is 9.43. The van der Waals surface area contributed by atoms with Gasteiger partial charge in [0.2, 0.25) is 0 Å². The molecule has 1 saturated carbocycles. The van der Waals surface area contributed by atoms with Gasteiger partial charge in [-0.3, -0.25) is 0 Å². The van der Waals surface area contributed by atoms with Crippen LogP contribution in [0.3, 0.4) is 0 Å². The molecule has 1 aliphatic rings. The maximum atomic E-state index is 10.4. The summed E-state index contributed by atoms with van der Waals surface area (Å²) >= 11 is 0. The van der Waals surface area contributed by atoms with Gasteiger partial charge in [-0.1, -0.05) is 58.0 Å². The number of aliphatic hydroxyl groups is 1. The van der Waals surface area contributed by atoms with Crippen LogP contribution in [-0.2, 0) is 32.4 Å². The Morgan fingerprint density at radius 1 is 0.900 bits per heavy atom. The summed E-state index contributed by atoms with van der Waals surface area (Å²) < 4.78 is 6.03. The van der Waals surface area contributed by atoms with Gasteiger partial charge in [-0.05, 0) is 29.2 Å². The molecule has 0 aromatic heterocycles. The molecule has 0 heterocycles. The zero-order chi connectivity index (χ0) is 14.0. The van der Waals surface area contributed by atoms with E-state index in [-0.39, 0.29) is 33.3 Å². The van der Waals surface area contributed by atoms with Crippen molar-refractivity contribution < 1.29 is 30.9 Å². The minimum absolute atomic E-state index is 0. The zero-order valence-corrected chi connectivity index (χ0v) is 15.8. The molecule has 2 rings (SSSR count).